The second-order valence-corrected chi connectivity index (χ2v) is 12.7. The number of fused-ring (bicyclic) bond motifs is 1. The fourth-order valence-electron chi connectivity index (χ4n) is 3.61. The SMILES string of the molecule is CCCCN1C(=O)c2cc(-c3ccc(-c4ccc(-c5ccc(SC)s5)s4)s3)sc2C1O. The first-order valence-corrected chi connectivity index (χ1v) is 14.6. The third-order valence-electron chi connectivity index (χ3n) is 5.26. The summed E-state index contributed by atoms with van der Waals surface area (Å²) in [6, 6.07) is 15.0. The van der Waals surface area contributed by atoms with Gasteiger partial charge in [0.2, 0.25) is 0 Å². The summed E-state index contributed by atoms with van der Waals surface area (Å²) in [7, 11) is 0. The number of thiophene rings is 4. The van der Waals surface area contributed by atoms with E-state index in [4.69, 9.17) is 0 Å². The summed E-state index contributed by atoms with van der Waals surface area (Å²) in [6.07, 6.45) is 3.22. The summed E-state index contributed by atoms with van der Waals surface area (Å²) in [5, 5.41) is 10.6. The molecule has 0 bridgehead atoms. The lowest BCUT2D eigenvalue weighted by atomic mass is 10.2. The van der Waals surface area contributed by atoms with Crippen LogP contribution in [0.25, 0.3) is 29.3 Å². The van der Waals surface area contributed by atoms with Gasteiger partial charge in [0.05, 0.1) is 14.6 Å². The number of nitrogens with zero attached hydrogens (tertiary/aromatic N) is 1. The molecule has 1 amide bonds. The molecule has 31 heavy (non-hydrogen) atoms. The van der Waals surface area contributed by atoms with E-state index in [2.05, 4.69) is 49.6 Å². The van der Waals surface area contributed by atoms with Crippen molar-refractivity contribution in [2.45, 2.75) is 30.2 Å². The number of unbranched alkanes of at least 4 members (excludes halogenated alkanes) is 1. The number of thioether (sulfide) groups is 1. The molecule has 1 aliphatic rings. The molecule has 1 unspecified atom stereocenters. The Kier molecular flexibility index (Phi) is 6.11. The normalized spacial score (nSPS) is 15.8. The van der Waals surface area contributed by atoms with Gasteiger partial charge in [0.25, 0.3) is 5.91 Å². The highest BCUT2D eigenvalue weighted by atomic mass is 32.2. The van der Waals surface area contributed by atoms with Crippen LogP contribution in [0.1, 0.15) is 41.2 Å². The van der Waals surface area contributed by atoms with E-state index < -0.39 is 6.23 Å². The highest BCUT2D eigenvalue weighted by Gasteiger charge is 2.37. The third kappa shape index (κ3) is 3.94. The van der Waals surface area contributed by atoms with E-state index in [-0.39, 0.29) is 5.91 Å². The lowest BCUT2D eigenvalue weighted by Crippen LogP contribution is -2.29. The molecular formula is C23H21NO2S5. The third-order valence-corrected chi connectivity index (χ3v) is 11.4. The van der Waals surface area contributed by atoms with E-state index in [1.54, 1.807) is 39.3 Å². The summed E-state index contributed by atoms with van der Waals surface area (Å²) in [6.45, 7) is 2.70. The Morgan fingerprint density at radius 1 is 0.903 bits per heavy atom. The Morgan fingerprint density at radius 3 is 2.03 bits per heavy atom. The summed E-state index contributed by atoms with van der Waals surface area (Å²) >= 11 is 8.72. The molecule has 0 aliphatic carbocycles. The first-order valence-electron chi connectivity index (χ1n) is 10.1. The maximum absolute atomic E-state index is 12.7. The molecule has 0 fully saturated rings. The van der Waals surface area contributed by atoms with Gasteiger partial charge in [0, 0.05) is 35.8 Å². The van der Waals surface area contributed by atoms with E-state index in [1.807, 2.05) is 28.7 Å². The zero-order valence-corrected chi connectivity index (χ0v) is 21.2. The van der Waals surface area contributed by atoms with Crippen molar-refractivity contribution in [2.75, 3.05) is 12.8 Å². The summed E-state index contributed by atoms with van der Waals surface area (Å²) in [5.74, 6) is -0.0429. The summed E-state index contributed by atoms with van der Waals surface area (Å²) in [4.78, 5) is 22.4. The lowest BCUT2D eigenvalue weighted by Gasteiger charge is -2.20. The fourth-order valence-corrected chi connectivity index (χ4v) is 8.58. The number of aliphatic hydroxyl groups is 1. The highest BCUT2D eigenvalue weighted by molar-refractivity contribution is 8.00. The van der Waals surface area contributed by atoms with Crippen LogP contribution in [-0.4, -0.2) is 28.7 Å². The Morgan fingerprint density at radius 2 is 1.48 bits per heavy atom. The molecule has 0 radical (unpaired) electrons. The van der Waals surface area contributed by atoms with Gasteiger partial charge in [-0.25, -0.2) is 0 Å². The molecule has 160 valence electrons. The lowest BCUT2D eigenvalue weighted by molar-refractivity contribution is 0.0185. The predicted molar refractivity (Wildman–Crippen MR) is 137 cm³/mol. The van der Waals surface area contributed by atoms with Gasteiger partial charge < -0.3 is 10.0 Å². The molecule has 4 aromatic rings. The van der Waals surface area contributed by atoms with Crippen LogP contribution in [0.3, 0.4) is 0 Å². The number of rotatable bonds is 7. The Hall–Kier alpha value is -1.42. The maximum Gasteiger partial charge on any atom is 0.257 e. The van der Waals surface area contributed by atoms with E-state index in [9.17, 15) is 9.90 Å². The van der Waals surface area contributed by atoms with E-state index >= 15 is 0 Å². The van der Waals surface area contributed by atoms with Gasteiger partial charge in [-0.05, 0) is 55.1 Å². The number of amides is 1. The fraction of sp³-hybridized carbons (Fsp3) is 0.261. The van der Waals surface area contributed by atoms with Gasteiger partial charge in [-0.2, -0.15) is 0 Å². The number of hydrogen-bond acceptors (Lipinski definition) is 7. The highest BCUT2D eigenvalue weighted by Crippen LogP contribution is 2.46. The minimum Gasteiger partial charge on any atom is -0.368 e. The number of aliphatic hydroxyl groups excluding tert-OH is 1. The van der Waals surface area contributed by atoms with Gasteiger partial charge in [-0.15, -0.1) is 57.1 Å². The van der Waals surface area contributed by atoms with E-state index in [0.717, 1.165) is 27.5 Å². The van der Waals surface area contributed by atoms with Gasteiger partial charge >= 0.3 is 0 Å². The average molecular weight is 504 g/mol. The van der Waals surface area contributed by atoms with Crippen molar-refractivity contribution in [3.05, 3.63) is 52.9 Å². The van der Waals surface area contributed by atoms with E-state index in [0.29, 0.717) is 12.1 Å². The molecule has 3 nitrogen and oxygen atoms in total. The van der Waals surface area contributed by atoms with Crippen LogP contribution in [0.4, 0.5) is 0 Å². The number of carbonyl (C=O) groups excluding carboxylic acids is 1. The average Bonchev–Trinajstić information content (AvgIpc) is 3.57. The topological polar surface area (TPSA) is 40.5 Å². The van der Waals surface area contributed by atoms with Crippen molar-refractivity contribution < 1.29 is 9.90 Å². The van der Waals surface area contributed by atoms with Crippen molar-refractivity contribution in [2.24, 2.45) is 0 Å². The van der Waals surface area contributed by atoms with Crippen LogP contribution in [0.2, 0.25) is 0 Å². The quantitative estimate of drug-likeness (QED) is 0.261. The molecular weight excluding hydrogens is 483 g/mol. The van der Waals surface area contributed by atoms with Crippen LogP contribution >= 0.6 is 57.1 Å². The zero-order chi connectivity index (χ0) is 21.5. The molecule has 5 heterocycles. The van der Waals surface area contributed by atoms with Crippen molar-refractivity contribution in [1.29, 1.82) is 0 Å². The van der Waals surface area contributed by atoms with Crippen LogP contribution in [-0.2, 0) is 0 Å². The first kappa shape index (κ1) is 21.4. The Balaban J connectivity index is 1.37. The van der Waals surface area contributed by atoms with Gasteiger partial charge in [0.1, 0.15) is 0 Å². The molecule has 4 aromatic heterocycles. The molecule has 0 aromatic carbocycles. The minimum atomic E-state index is -0.802. The molecule has 0 saturated carbocycles. The molecule has 0 saturated heterocycles. The molecule has 1 aliphatic heterocycles. The number of hydrogen-bond donors (Lipinski definition) is 1. The van der Waals surface area contributed by atoms with Crippen LogP contribution < -0.4 is 0 Å². The number of carbonyl (C=O) groups is 1. The van der Waals surface area contributed by atoms with Gasteiger partial charge in [-0.1, -0.05) is 13.3 Å². The monoisotopic (exact) mass is 503 g/mol. The van der Waals surface area contributed by atoms with Crippen molar-refractivity contribution in [1.82, 2.24) is 4.90 Å². The first-order chi connectivity index (χ1) is 15.1. The second-order valence-electron chi connectivity index (χ2n) is 7.26. The Labute approximate surface area is 202 Å². The van der Waals surface area contributed by atoms with E-state index in [1.165, 1.54) is 23.7 Å². The minimum absolute atomic E-state index is 0.0429. The van der Waals surface area contributed by atoms with Gasteiger partial charge in [-0.3, -0.25) is 4.79 Å². The van der Waals surface area contributed by atoms with Crippen LogP contribution in [0, 0.1) is 0 Å². The van der Waals surface area contributed by atoms with Crippen LogP contribution in [0.5, 0.6) is 0 Å². The summed E-state index contributed by atoms with van der Waals surface area (Å²) < 4.78 is 1.33. The molecule has 8 heteroatoms. The van der Waals surface area contributed by atoms with Crippen molar-refractivity contribution >= 4 is 63.0 Å². The maximum atomic E-state index is 12.7. The zero-order valence-electron chi connectivity index (χ0n) is 17.1. The van der Waals surface area contributed by atoms with Crippen molar-refractivity contribution in [3.8, 4) is 29.3 Å². The Bertz CT molecular complexity index is 1230. The smallest absolute Gasteiger partial charge is 0.257 e. The standard InChI is InChI=1S/C23H21NO2S5/c1-3-4-11-24-22(25)13-12-19(31-21(13)23(24)26)18-8-7-15(29-18)14-5-6-16(28-14)17-9-10-20(27-2)30-17/h5-10,12,23,26H,3-4,11H2,1-2H3. The summed E-state index contributed by atoms with van der Waals surface area (Å²) in [5.41, 5.74) is 0.666. The van der Waals surface area contributed by atoms with Crippen LogP contribution in [0.15, 0.2) is 46.7 Å². The molecule has 1 N–H and O–H groups in total. The molecule has 1 atom stereocenters. The second kappa shape index (κ2) is 8.84. The largest absolute Gasteiger partial charge is 0.368 e. The van der Waals surface area contributed by atoms with Gasteiger partial charge in [0.15, 0.2) is 6.23 Å². The van der Waals surface area contributed by atoms with Crippen molar-refractivity contribution in [3.63, 3.8) is 0 Å². The molecule has 0 spiro atoms. The molecule has 5 rings (SSSR count). The predicted octanol–water partition coefficient (Wildman–Crippen LogP) is 7.90.